The van der Waals surface area contributed by atoms with Gasteiger partial charge < -0.3 is 15.2 Å². The summed E-state index contributed by atoms with van der Waals surface area (Å²) in [7, 11) is 0. The lowest BCUT2D eigenvalue weighted by Gasteiger charge is -2.16. The standard InChI is InChI=1S/C23H26N2O3/c1-23(2,27)12-11-17-6-3-8-19(16-17)22(26)25-14-15-28-20-10-4-7-18-9-5-13-24-21(18)20/h3-10,13,16,27H,11-12,14-15H2,1-2H3,(H,25,26). The van der Waals surface area contributed by atoms with E-state index in [0.29, 0.717) is 30.9 Å². The number of aromatic nitrogens is 1. The first kappa shape index (κ1) is 19.8. The Labute approximate surface area is 165 Å². The predicted octanol–water partition coefficient (Wildman–Crippen LogP) is 3.75. The van der Waals surface area contributed by atoms with Crippen LogP contribution >= 0.6 is 0 Å². The van der Waals surface area contributed by atoms with Gasteiger partial charge in [-0.2, -0.15) is 0 Å². The Bertz CT molecular complexity index is 942. The molecule has 0 bridgehead atoms. The molecule has 5 heteroatoms. The van der Waals surface area contributed by atoms with Gasteiger partial charge in [-0.25, -0.2) is 0 Å². The molecule has 1 heterocycles. The molecular weight excluding hydrogens is 352 g/mol. The van der Waals surface area contributed by atoms with Crippen molar-refractivity contribution in [3.05, 3.63) is 71.9 Å². The number of nitrogens with zero attached hydrogens (tertiary/aromatic N) is 1. The van der Waals surface area contributed by atoms with Crippen LogP contribution in [-0.4, -0.2) is 34.8 Å². The van der Waals surface area contributed by atoms with Gasteiger partial charge in [0.2, 0.25) is 0 Å². The molecule has 3 aromatic rings. The second kappa shape index (κ2) is 8.85. The maximum atomic E-state index is 12.4. The van der Waals surface area contributed by atoms with E-state index in [2.05, 4.69) is 10.3 Å². The van der Waals surface area contributed by atoms with Crippen LogP contribution in [0.4, 0.5) is 0 Å². The normalized spacial score (nSPS) is 11.4. The van der Waals surface area contributed by atoms with Crippen LogP contribution in [0, 0.1) is 0 Å². The van der Waals surface area contributed by atoms with Crippen molar-refractivity contribution in [1.82, 2.24) is 10.3 Å². The van der Waals surface area contributed by atoms with Gasteiger partial charge >= 0.3 is 0 Å². The number of fused-ring (bicyclic) bond motifs is 1. The summed E-state index contributed by atoms with van der Waals surface area (Å²) in [5, 5.41) is 13.8. The lowest BCUT2D eigenvalue weighted by atomic mass is 9.98. The number of carbonyl (C=O) groups excluding carboxylic acids is 1. The molecule has 2 aromatic carbocycles. The third kappa shape index (κ3) is 5.54. The second-order valence-corrected chi connectivity index (χ2v) is 7.45. The number of aliphatic hydroxyl groups is 1. The fourth-order valence-electron chi connectivity index (χ4n) is 2.94. The zero-order valence-electron chi connectivity index (χ0n) is 16.3. The van der Waals surface area contributed by atoms with Gasteiger partial charge in [-0.1, -0.05) is 30.3 Å². The van der Waals surface area contributed by atoms with E-state index in [-0.39, 0.29) is 5.91 Å². The van der Waals surface area contributed by atoms with Crippen molar-refractivity contribution in [2.45, 2.75) is 32.3 Å². The van der Waals surface area contributed by atoms with Gasteiger partial charge in [0.25, 0.3) is 5.91 Å². The number of amides is 1. The van der Waals surface area contributed by atoms with Crippen molar-refractivity contribution in [3.63, 3.8) is 0 Å². The van der Waals surface area contributed by atoms with Crippen LogP contribution in [0.3, 0.4) is 0 Å². The number of hydrogen-bond acceptors (Lipinski definition) is 4. The van der Waals surface area contributed by atoms with Crippen molar-refractivity contribution < 1.29 is 14.6 Å². The first-order chi connectivity index (χ1) is 13.4. The second-order valence-electron chi connectivity index (χ2n) is 7.45. The molecule has 0 atom stereocenters. The highest BCUT2D eigenvalue weighted by molar-refractivity contribution is 5.94. The van der Waals surface area contributed by atoms with Crippen molar-refractivity contribution >= 4 is 16.8 Å². The Kier molecular flexibility index (Phi) is 6.26. The molecule has 146 valence electrons. The fourth-order valence-corrected chi connectivity index (χ4v) is 2.94. The van der Waals surface area contributed by atoms with Crippen molar-refractivity contribution in [2.24, 2.45) is 0 Å². The summed E-state index contributed by atoms with van der Waals surface area (Å²) in [5.41, 5.74) is 1.75. The van der Waals surface area contributed by atoms with Gasteiger partial charge in [0, 0.05) is 17.1 Å². The summed E-state index contributed by atoms with van der Waals surface area (Å²) >= 11 is 0. The summed E-state index contributed by atoms with van der Waals surface area (Å²) < 4.78 is 5.80. The molecule has 0 radical (unpaired) electrons. The van der Waals surface area contributed by atoms with E-state index in [1.54, 1.807) is 26.1 Å². The Morgan fingerprint density at radius 2 is 1.93 bits per heavy atom. The topological polar surface area (TPSA) is 71.5 Å². The number of benzene rings is 2. The van der Waals surface area contributed by atoms with Gasteiger partial charge in [-0.3, -0.25) is 9.78 Å². The monoisotopic (exact) mass is 378 g/mol. The molecule has 0 saturated heterocycles. The van der Waals surface area contributed by atoms with Gasteiger partial charge in [-0.05, 0) is 56.5 Å². The van der Waals surface area contributed by atoms with Crippen molar-refractivity contribution in [1.29, 1.82) is 0 Å². The molecule has 0 aliphatic rings. The van der Waals surface area contributed by atoms with Gasteiger partial charge in [-0.15, -0.1) is 0 Å². The molecule has 0 aliphatic carbocycles. The number of nitrogens with one attached hydrogen (secondary N) is 1. The number of pyridine rings is 1. The number of hydrogen-bond donors (Lipinski definition) is 2. The van der Waals surface area contributed by atoms with E-state index < -0.39 is 5.60 Å². The molecule has 28 heavy (non-hydrogen) atoms. The molecule has 0 fully saturated rings. The SMILES string of the molecule is CC(C)(O)CCc1cccc(C(=O)NCCOc2cccc3cccnc23)c1. The Balaban J connectivity index is 1.52. The Morgan fingerprint density at radius 1 is 1.14 bits per heavy atom. The van der Waals surface area contributed by atoms with E-state index >= 15 is 0 Å². The molecule has 0 unspecified atom stereocenters. The van der Waals surface area contributed by atoms with E-state index in [9.17, 15) is 9.90 Å². The van der Waals surface area contributed by atoms with Crippen LogP contribution in [0.25, 0.3) is 10.9 Å². The van der Waals surface area contributed by atoms with Crippen LogP contribution in [0.15, 0.2) is 60.8 Å². The number of ether oxygens (including phenoxy) is 1. The average Bonchev–Trinajstić information content (AvgIpc) is 2.69. The highest BCUT2D eigenvalue weighted by Gasteiger charge is 2.13. The molecule has 0 aliphatic heterocycles. The van der Waals surface area contributed by atoms with Crippen LogP contribution in [0.2, 0.25) is 0 Å². The quantitative estimate of drug-likeness (QED) is 0.586. The number of para-hydroxylation sites is 1. The maximum absolute atomic E-state index is 12.4. The minimum atomic E-state index is -0.716. The number of aryl methyl sites for hydroxylation is 1. The maximum Gasteiger partial charge on any atom is 0.251 e. The highest BCUT2D eigenvalue weighted by Crippen LogP contribution is 2.22. The largest absolute Gasteiger partial charge is 0.489 e. The number of carbonyl (C=O) groups is 1. The summed E-state index contributed by atoms with van der Waals surface area (Å²) in [6.45, 7) is 4.33. The fraction of sp³-hybridized carbons (Fsp3) is 0.304. The summed E-state index contributed by atoms with van der Waals surface area (Å²) in [5.74, 6) is 0.575. The van der Waals surface area contributed by atoms with E-state index in [4.69, 9.17) is 4.74 Å². The van der Waals surface area contributed by atoms with Gasteiger partial charge in [0.15, 0.2) is 0 Å². The lowest BCUT2D eigenvalue weighted by Crippen LogP contribution is -2.28. The molecule has 1 amide bonds. The predicted molar refractivity (Wildman–Crippen MR) is 111 cm³/mol. The third-order valence-electron chi connectivity index (χ3n) is 4.46. The lowest BCUT2D eigenvalue weighted by molar-refractivity contribution is 0.0714. The summed E-state index contributed by atoms with van der Waals surface area (Å²) in [6, 6.07) is 17.2. The van der Waals surface area contributed by atoms with Gasteiger partial charge in [0.1, 0.15) is 17.9 Å². The van der Waals surface area contributed by atoms with Crippen molar-refractivity contribution in [2.75, 3.05) is 13.2 Å². The van der Waals surface area contributed by atoms with E-state index in [1.807, 2.05) is 48.5 Å². The molecule has 1 aromatic heterocycles. The summed E-state index contributed by atoms with van der Waals surface area (Å²) in [6.07, 6.45) is 3.11. The molecular formula is C23H26N2O3. The molecule has 0 saturated carbocycles. The molecule has 5 nitrogen and oxygen atoms in total. The zero-order chi connectivity index (χ0) is 20.0. The molecule has 3 rings (SSSR count). The minimum Gasteiger partial charge on any atom is -0.489 e. The molecule has 2 N–H and O–H groups in total. The third-order valence-corrected chi connectivity index (χ3v) is 4.46. The Hall–Kier alpha value is -2.92. The first-order valence-electron chi connectivity index (χ1n) is 9.48. The average molecular weight is 378 g/mol. The zero-order valence-corrected chi connectivity index (χ0v) is 16.3. The van der Waals surface area contributed by atoms with Gasteiger partial charge in [0.05, 0.1) is 12.1 Å². The van der Waals surface area contributed by atoms with Crippen LogP contribution in [-0.2, 0) is 6.42 Å². The number of rotatable bonds is 8. The first-order valence-corrected chi connectivity index (χ1v) is 9.48. The van der Waals surface area contributed by atoms with Crippen LogP contribution in [0.1, 0.15) is 36.2 Å². The molecule has 0 spiro atoms. The van der Waals surface area contributed by atoms with Crippen molar-refractivity contribution in [3.8, 4) is 5.75 Å². The highest BCUT2D eigenvalue weighted by atomic mass is 16.5. The van der Waals surface area contributed by atoms with Crippen LogP contribution in [0.5, 0.6) is 5.75 Å². The van der Waals surface area contributed by atoms with E-state index in [0.717, 1.165) is 22.9 Å². The van der Waals surface area contributed by atoms with E-state index in [1.165, 1.54) is 0 Å². The summed E-state index contributed by atoms with van der Waals surface area (Å²) in [4.78, 5) is 16.8. The Morgan fingerprint density at radius 3 is 2.75 bits per heavy atom. The smallest absolute Gasteiger partial charge is 0.251 e. The minimum absolute atomic E-state index is 0.134. The van der Waals surface area contributed by atoms with Crippen LogP contribution < -0.4 is 10.1 Å².